The lowest BCUT2D eigenvalue weighted by molar-refractivity contribution is -0.132. The first-order valence-corrected chi connectivity index (χ1v) is 9.45. The molecule has 0 radical (unpaired) electrons. The van der Waals surface area contributed by atoms with E-state index >= 15 is 0 Å². The summed E-state index contributed by atoms with van der Waals surface area (Å²) in [7, 11) is 0. The zero-order valence-electron chi connectivity index (χ0n) is 13.2. The number of unbranched alkanes of at least 4 members (excludes halogenated alkanes) is 1. The van der Waals surface area contributed by atoms with E-state index in [-0.39, 0.29) is 12.2 Å². The molecule has 0 aliphatic carbocycles. The second kappa shape index (κ2) is 7.69. The summed E-state index contributed by atoms with van der Waals surface area (Å²) in [6, 6.07) is 0.555. The third-order valence-corrected chi connectivity index (χ3v) is 5.46. The number of carbonyl (C=O) groups is 1. The third-order valence-electron chi connectivity index (χ3n) is 4.41. The van der Waals surface area contributed by atoms with Crippen LogP contribution in [0.2, 0.25) is 0 Å². The number of rotatable bonds is 6. The Bertz CT molecular complexity index is 316. The van der Waals surface area contributed by atoms with Crippen molar-refractivity contribution in [3.63, 3.8) is 0 Å². The molecule has 2 aliphatic rings. The molecule has 1 N–H and O–H groups in total. The molecule has 4 heteroatoms. The highest BCUT2D eigenvalue weighted by Gasteiger charge is 2.42. The van der Waals surface area contributed by atoms with Gasteiger partial charge in [0.05, 0.1) is 12.2 Å². The quantitative estimate of drug-likeness (QED) is 0.817. The van der Waals surface area contributed by atoms with Gasteiger partial charge in [-0.3, -0.25) is 10.1 Å². The average molecular weight is 298 g/mol. The maximum absolute atomic E-state index is 12.8. The van der Waals surface area contributed by atoms with Gasteiger partial charge < -0.3 is 4.90 Å². The van der Waals surface area contributed by atoms with E-state index in [1.54, 1.807) is 0 Å². The predicted octanol–water partition coefficient (Wildman–Crippen LogP) is 3.24. The molecule has 0 spiro atoms. The molecular weight excluding hydrogens is 268 g/mol. The fourth-order valence-corrected chi connectivity index (χ4v) is 4.44. The second-order valence-corrected chi connectivity index (χ2v) is 7.82. The van der Waals surface area contributed by atoms with Gasteiger partial charge in [0.15, 0.2) is 0 Å². The van der Waals surface area contributed by atoms with Crippen LogP contribution >= 0.6 is 11.8 Å². The van der Waals surface area contributed by atoms with Gasteiger partial charge in [-0.25, -0.2) is 0 Å². The van der Waals surface area contributed by atoms with E-state index in [0.717, 1.165) is 19.3 Å². The molecule has 2 fully saturated rings. The predicted molar refractivity (Wildman–Crippen MR) is 86.9 cm³/mol. The Labute approximate surface area is 128 Å². The Morgan fingerprint density at radius 2 is 2.05 bits per heavy atom. The molecule has 2 saturated heterocycles. The first-order valence-electron chi connectivity index (χ1n) is 8.29. The number of nitrogens with zero attached hydrogens (tertiary/aromatic N) is 1. The molecule has 1 amide bonds. The summed E-state index contributed by atoms with van der Waals surface area (Å²) in [5.74, 6) is 3.43. The Morgan fingerprint density at radius 1 is 1.35 bits per heavy atom. The lowest BCUT2D eigenvalue weighted by atomic mass is 10.0. The van der Waals surface area contributed by atoms with Crippen LogP contribution in [0.15, 0.2) is 0 Å². The first kappa shape index (κ1) is 16.2. The fourth-order valence-electron chi connectivity index (χ4n) is 3.36. The standard InChI is InChI=1S/C16H30N2OS/c1-4-5-6-14-16(19)18(13-7-9-20-10-8-13)15(17-14)11-12(2)3/h12-15,17H,4-11H2,1-3H3. The lowest BCUT2D eigenvalue weighted by Gasteiger charge is -2.35. The smallest absolute Gasteiger partial charge is 0.241 e. The zero-order valence-corrected chi connectivity index (χ0v) is 14.0. The summed E-state index contributed by atoms with van der Waals surface area (Å²) in [5, 5.41) is 3.62. The zero-order chi connectivity index (χ0) is 14.5. The molecule has 0 aromatic heterocycles. The van der Waals surface area contributed by atoms with E-state index in [0.29, 0.717) is 17.9 Å². The highest BCUT2D eigenvalue weighted by molar-refractivity contribution is 7.99. The van der Waals surface area contributed by atoms with Gasteiger partial charge in [0, 0.05) is 6.04 Å². The second-order valence-electron chi connectivity index (χ2n) is 6.60. The van der Waals surface area contributed by atoms with Crippen molar-refractivity contribution in [2.45, 2.75) is 77.5 Å². The fraction of sp³-hybridized carbons (Fsp3) is 0.938. The lowest BCUT2D eigenvalue weighted by Crippen LogP contribution is -2.46. The van der Waals surface area contributed by atoms with Gasteiger partial charge in [0.25, 0.3) is 0 Å². The summed E-state index contributed by atoms with van der Waals surface area (Å²) in [5.41, 5.74) is 0. The van der Waals surface area contributed by atoms with Gasteiger partial charge in [-0.2, -0.15) is 11.8 Å². The Morgan fingerprint density at radius 3 is 2.65 bits per heavy atom. The summed E-state index contributed by atoms with van der Waals surface area (Å²) in [4.78, 5) is 15.0. The molecule has 2 aliphatic heterocycles. The van der Waals surface area contributed by atoms with Crippen LogP contribution in [0.4, 0.5) is 0 Å². The normalized spacial score (nSPS) is 28.6. The minimum atomic E-state index is 0.0771. The molecule has 0 aromatic rings. The molecule has 0 aromatic carbocycles. The number of hydrogen-bond acceptors (Lipinski definition) is 3. The van der Waals surface area contributed by atoms with Gasteiger partial charge in [0.2, 0.25) is 5.91 Å². The molecule has 116 valence electrons. The Balaban J connectivity index is 2.04. The van der Waals surface area contributed by atoms with Crippen LogP contribution in [0.1, 0.15) is 59.3 Å². The third kappa shape index (κ3) is 3.91. The van der Waals surface area contributed by atoms with Gasteiger partial charge >= 0.3 is 0 Å². The van der Waals surface area contributed by atoms with Crippen molar-refractivity contribution >= 4 is 17.7 Å². The summed E-state index contributed by atoms with van der Waals surface area (Å²) in [6.07, 6.45) is 7.02. The largest absolute Gasteiger partial charge is 0.323 e. The van der Waals surface area contributed by atoms with Crippen LogP contribution in [-0.4, -0.2) is 40.6 Å². The van der Waals surface area contributed by atoms with Crippen molar-refractivity contribution in [3.8, 4) is 0 Å². The van der Waals surface area contributed by atoms with Gasteiger partial charge in [-0.15, -0.1) is 0 Å². The molecule has 2 heterocycles. The SMILES string of the molecule is CCCCC1NC(CC(C)C)N(C2CCSCC2)C1=O. The van der Waals surface area contributed by atoms with Crippen LogP contribution in [0, 0.1) is 5.92 Å². The monoisotopic (exact) mass is 298 g/mol. The average Bonchev–Trinajstić information content (AvgIpc) is 2.73. The topological polar surface area (TPSA) is 32.3 Å². The van der Waals surface area contributed by atoms with Gasteiger partial charge in [-0.05, 0) is 43.1 Å². The van der Waals surface area contributed by atoms with E-state index in [9.17, 15) is 4.79 Å². The van der Waals surface area contributed by atoms with Crippen LogP contribution in [0.5, 0.6) is 0 Å². The summed E-state index contributed by atoms with van der Waals surface area (Å²) < 4.78 is 0. The molecule has 0 saturated carbocycles. The van der Waals surface area contributed by atoms with E-state index in [4.69, 9.17) is 0 Å². The highest BCUT2D eigenvalue weighted by atomic mass is 32.2. The van der Waals surface area contributed by atoms with Crippen LogP contribution in [0.3, 0.4) is 0 Å². The Kier molecular flexibility index (Phi) is 6.21. The number of thioether (sulfide) groups is 1. The summed E-state index contributed by atoms with van der Waals surface area (Å²) >= 11 is 2.03. The maximum Gasteiger partial charge on any atom is 0.241 e. The molecular formula is C16H30N2OS. The van der Waals surface area contributed by atoms with E-state index < -0.39 is 0 Å². The number of hydrogen-bond donors (Lipinski definition) is 1. The Hall–Kier alpha value is -0.220. The molecule has 3 nitrogen and oxygen atoms in total. The van der Waals surface area contributed by atoms with Crippen LogP contribution < -0.4 is 5.32 Å². The first-order chi connectivity index (χ1) is 9.63. The van der Waals surface area contributed by atoms with Crippen molar-refractivity contribution in [1.82, 2.24) is 10.2 Å². The molecule has 2 atom stereocenters. The molecule has 20 heavy (non-hydrogen) atoms. The van der Waals surface area contributed by atoms with Gasteiger partial charge in [0.1, 0.15) is 0 Å². The highest BCUT2D eigenvalue weighted by Crippen LogP contribution is 2.29. The summed E-state index contributed by atoms with van der Waals surface area (Å²) in [6.45, 7) is 6.70. The van der Waals surface area contributed by atoms with Gasteiger partial charge in [-0.1, -0.05) is 33.6 Å². The van der Waals surface area contributed by atoms with Crippen molar-refractivity contribution < 1.29 is 4.79 Å². The van der Waals surface area contributed by atoms with E-state index in [1.165, 1.54) is 30.8 Å². The van der Waals surface area contributed by atoms with Crippen molar-refractivity contribution in [2.24, 2.45) is 5.92 Å². The van der Waals surface area contributed by atoms with E-state index in [2.05, 4.69) is 31.0 Å². The van der Waals surface area contributed by atoms with Crippen molar-refractivity contribution in [2.75, 3.05) is 11.5 Å². The molecule has 2 unspecified atom stereocenters. The number of nitrogens with one attached hydrogen (secondary N) is 1. The maximum atomic E-state index is 12.8. The minimum absolute atomic E-state index is 0.0771. The van der Waals surface area contributed by atoms with Crippen LogP contribution in [-0.2, 0) is 4.79 Å². The van der Waals surface area contributed by atoms with Crippen LogP contribution in [0.25, 0.3) is 0 Å². The number of amides is 1. The molecule has 2 rings (SSSR count). The molecule has 0 bridgehead atoms. The van der Waals surface area contributed by atoms with Crippen molar-refractivity contribution in [1.29, 1.82) is 0 Å². The van der Waals surface area contributed by atoms with E-state index in [1.807, 2.05) is 11.8 Å². The number of carbonyl (C=O) groups excluding carboxylic acids is 1. The van der Waals surface area contributed by atoms with Crippen molar-refractivity contribution in [3.05, 3.63) is 0 Å². The minimum Gasteiger partial charge on any atom is -0.323 e.